The van der Waals surface area contributed by atoms with Crippen molar-refractivity contribution in [1.29, 1.82) is 0 Å². The largest absolute Gasteiger partial charge is 0.481 e. The van der Waals surface area contributed by atoms with Crippen LogP contribution in [0.1, 0.15) is 22.8 Å². The Morgan fingerprint density at radius 2 is 1.91 bits per heavy atom. The van der Waals surface area contributed by atoms with Gasteiger partial charge in [0.25, 0.3) is 5.91 Å². The van der Waals surface area contributed by atoms with Crippen molar-refractivity contribution in [3.63, 3.8) is 0 Å². The van der Waals surface area contributed by atoms with Gasteiger partial charge in [0.05, 0.1) is 11.5 Å². The third kappa shape index (κ3) is 3.05. The molecule has 1 aromatic rings. The number of halogens is 4. The number of carbonyl (C=O) groups excluding carboxylic acids is 1. The number of rotatable bonds is 2. The summed E-state index contributed by atoms with van der Waals surface area (Å²) in [6.07, 6.45) is -4.90. The molecule has 0 bridgehead atoms. The van der Waals surface area contributed by atoms with Gasteiger partial charge in [-0.15, -0.1) is 0 Å². The van der Waals surface area contributed by atoms with Gasteiger partial charge in [0.1, 0.15) is 5.82 Å². The summed E-state index contributed by atoms with van der Waals surface area (Å²) in [6.45, 7) is 1.71. The summed E-state index contributed by atoms with van der Waals surface area (Å²) in [5.41, 5.74) is -1.83. The number of hydrogen-bond acceptors (Lipinski definition) is 2. The van der Waals surface area contributed by atoms with Gasteiger partial charge in [-0.3, -0.25) is 9.59 Å². The van der Waals surface area contributed by atoms with Crippen molar-refractivity contribution >= 4 is 11.9 Å². The molecule has 1 fully saturated rings. The number of benzene rings is 1. The molecule has 2 atom stereocenters. The van der Waals surface area contributed by atoms with E-state index >= 15 is 0 Å². The van der Waals surface area contributed by atoms with E-state index < -0.39 is 35.4 Å². The highest BCUT2D eigenvalue weighted by atomic mass is 19.4. The minimum atomic E-state index is -4.90. The predicted octanol–water partition coefficient (Wildman–Crippen LogP) is 2.64. The van der Waals surface area contributed by atoms with E-state index in [4.69, 9.17) is 5.11 Å². The minimum Gasteiger partial charge on any atom is -0.481 e. The van der Waals surface area contributed by atoms with Gasteiger partial charge in [0.2, 0.25) is 0 Å². The molecule has 0 aromatic heterocycles. The van der Waals surface area contributed by atoms with E-state index in [1.807, 2.05) is 0 Å². The first-order chi connectivity index (χ1) is 10.1. The van der Waals surface area contributed by atoms with Crippen LogP contribution in [0, 0.1) is 17.7 Å². The number of nitrogens with zero attached hydrogens (tertiary/aromatic N) is 1. The quantitative estimate of drug-likeness (QED) is 0.853. The zero-order valence-corrected chi connectivity index (χ0v) is 11.5. The van der Waals surface area contributed by atoms with Crippen LogP contribution in [0.2, 0.25) is 0 Å². The van der Waals surface area contributed by atoms with E-state index in [1.54, 1.807) is 6.92 Å². The maximum atomic E-state index is 13.2. The summed E-state index contributed by atoms with van der Waals surface area (Å²) >= 11 is 0. The summed E-state index contributed by atoms with van der Waals surface area (Å²) in [6, 6.07) is 2.01. The first kappa shape index (κ1) is 16.3. The average Bonchev–Trinajstić information content (AvgIpc) is 2.79. The molecule has 1 aliphatic heterocycles. The molecular formula is C14H13F4NO3. The van der Waals surface area contributed by atoms with Gasteiger partial charge >= 0.3 is 12.1 Å². The Morgan fingerprint density at radius 1 is 1.27 bits per heavy atom. The maximum absolute atomic E-state index is 13.2. The van der Waals surface area contributed by atoms with E-state index in [-0.39, 0.29) is 24.6 Å². The SMILES string of the molecule is C[C@@H]1CN(C(=O)c2ccc(F)c(C(F)(F)F)c2)C[C@H]1C(=O)O. The fourth-order valence-electron chi connectivity index (χ4n) is 2.51. The maximum Gasteiger partial charge on any atom is 0.419 e. The van der Waals surface area contributed by atoms with Crippen molar-refractivity contribution in [2.24, 2.45) is 11.8 Å². The van der Waals surface area contributed by atoms with Crippen LogP contribution in [-0.4, -0.2) is 35.0 Å². The van der Waals surface area contributed by atoms with Crippen LogP contribution in [0.15, 0.2) is 18.2 Å². The molecule has 120 valence electrons. The normalized spacial score (nSPS) is 22.0. The lowest BCUT2D eigenvalue weighted by atomic mass is 9.99. The first-order valence-corrected chi connectivity index (χ1v) is 6.50. The zero-order valence-electron chi connectivity index (χ0n) is 11.5. The number of carboxylic acid groups (broad SMARTS) is 1. The number of carbonyl (C=O) groups is 2. The Morgan fingerprint density at radius 3 is 2.41 bits per heavy atom. The Bertz CT molecular complexity index is 615. The number of hydrogen-bond donors (Lipinski definition) is 1. The second-order valence-corrected chi connectivity index (χ2v) is 5.32. The average molecular weight is 319 g/mol. The summed E-state index contributed by atoms with van der Waals surface area (Å²) in [5, 5.41) is 9.00. The van der Waals surface area contributed by atoms with Gasteiger partial charge in [0, 0.05) is 18.7 Å². The van der Waals surface area contributed by atoms with Crippen LogP contribution >= 0.6 is 0 Å². The monoisotopic (exact) mass is 319 g/mol. The Hall–Kier alpha value is -2.12. The molecule has 1 N–H and O–H groups in total. The third-order valence-corrected chi connectivity index (χ3v) is 3.74. The second kappa shape index (κ2) is 5.58. The molecule has 1 saturated heterocycles. The summed E-state index contributed by atoms with van der Waals surface area (Å²) in [5.74, 6) is -4.31. The number of aliphatic carboxylic acids is 1. The van der Waals surface area contributed by atoms with Crippen molar-refractivity contribution in [1.82, 2.24) is 4.90 Å². The highest BCUT2D eigenvalue weighted by Gasteiger charge is 2.39. The molecule has 0 spiro atoms. The summed E-state index contributed by atoms with van der Waals surface area (Å²) in [4.78, 5) is 24.4. The van der Waals surface area contributed by atoms with Gasteiger partial charge in [-0.1, -0.05) is 6.92 Å². The van der Waals surface area contributed by atoms with Crippen LogP contribution in [0.5, 0.6) is 0 Å². The number of likely N-dealkylation sites (tertiary alicyclic amines) is 1. The van der Waals surface area contributed by atoms with Crippen molar-refractivity contribution in [3.8, 4) is 0 Å². The smallest absolute Gasteiger partial charge is 0.419 e. The number of carboxylic acids is 1. The third-order valence-electron chi connectivity index (χ3n) is 3.74. The van der Waals surface area contributed by atoms with Crippen LogP contribution < -0.4 is 0 Å². The Labute approximate surface area is 123 Å². The molecule has 0 saturated carbocycles. The van der Waals surface area contributed by atoms with Gasteiger partial charge in [0.15, 0.2) is 0 Å². The molecule has 1 aliphatic rings. The molecule has 1 aromatic carbocycles. The molecule has 1 amide bonds. The lowest BCUT2D eigenvalue weighted by molar-refractivity contribution is -0.142. The number of amides is 1. The van der Waals surface area contributed by atoms with Gasteiger partial charge in [-0.05, 0) is 24.1 Å². The molecule has 8 heteroatoms. The Balaban J connectivity index is 2.26. The molecule has 0 radical (unpaired) electrons. The molecule has 4 nitrogen and oxygen atoms in total. The lowest BCUT2D eigenvalue weighted by Gasteiger charge is -2.17. The van der Waals surface area contributed by atoms with E-state index in [0.717, 1.165) is 6.07 Å². The van der Waals surface area contributed by atoms with Gasteiger partial charge in [-0.2, -0.15) is 13.2 Å². The van der Waals surface area contributed by atoms with Crippen LogP contribution in [0.4, 0.5) is 17.6 Å². The van der Waals surface area contributed by atoms with Crippen LogP contribution in [0.25, 0.3) is 0 Å². The highest BCUT2D eigenvalue weighted by Crippen LogP contribution is 2.32. The fraction of sp³-hybridized carbons (Fsp3) is 0.429. The first-order valence-electron chi connectivity index (χ1n) is 6.50. The van der Waals surface area contributed by atoms with Crippen molar-refractivity contribution in [2.75, 3.05) is 13.1 Å². The molecule has 1 heterocycles. The van der Waals surface area contributed by atoms with Crippen molar-refractivity contribution in [3.05, 3.63) is 35.1 Å². The van der Waals surface area contributed by atoms with E-state index in [2.05, 4.69) is 0 Å². The predicted molar refractivity (Wildman–Crippen MR) is 67.6 cm³/mol. The molecule has 0 aliphatic carbocycles. The van der Waals surface area contributed by atoms with Crippen LogP contribution in [-0.2, 0) is 11.0 Å². The molecule has 22 heavy (non-hydrogen) atoms. The molecule has 2 rings (SSSR count). The van der Waals surface area contributed by atoms with Crippen LogP contribution in [0.3, 0.4) is 0 Å². The highest BCUT2D eigenvalue weighted by molar-refractivity contribution is 5.95. The zero-order chi connectivity index (χ0) is 16.7. The second-order valence-electron chi connectivity index (χ2n) is 5.32. The fourth-order valence-corrected chi connectivity index (χ4v) is 2.51. The van der Waals surface area contributed by atoms with E-state index in [0.29, 0.717) is 12.1 Å². The topological polar surface area (TPSA) is 57.6 Å². The van der Waals surface area contributed by atoms with E-state index in [9.17, 15) is 27.2 Å². The lowest BCUT2D eigenvalue weighted by Crippen LogP contribution is -2.30. The van der Waals surface area contributed by atoms with Crippen molar-refractivity contribution in [2.45, 2.75) is 13.1 Å². The standard InChI is InChI=1S/C14H13F4NO3/c1-7-5-19(6-9(7)13(21)22)12(20)8-2-3-11(15)10(4-8)14(16,17)18/h2-4,7,9H,5-6H2,1H3,(H,21,22)/t7-,9-/m1/s1. The van der Waals surface area contributed by atoms with Crippen molar-refractivity contribution < 1.29 is 32.3 Å². The van der Waals surface area contributed by atoms with Gasteiger partial charge < -0.3 is 10.0 Å². The minimum absolute atomic E-state index is 0.0753. The summed E-state index contributed by atoms with van der Waals surface area (Å²) < 4.78 is 51.2. The number of alkyl halides is 3. The summed E-state index contributed by atoms with van der Waals surface area (Å²) in [7, 11) is 0. The molecular weight excluding hydrogens is 306 g/mol. The van der Waals surface area contributed by atoms with E-state index in [1.165, 1.54) is 4.90 Å². The Kier molecular flexibility index (Phi) is 4.12. The van der Waals surface area contributed by atoms with Gasteiger partial charge in [-0.25, -0.2) is 4.39 Å². The molecule has 0 unspecified atom stereocenters.